The van der Waals surface area contributed by atoms with E-state index in [1.54, 1.807) is 31.2 Å². The van der Waals surface area contributed by atoms with E-state index in [1.165, 1.54) is 6.08 Å². The summed E-state index contributed by atoms with van der Waals surface area (Å²) in [5.41, 5.74) is 1.58. The molecule has 0 heterocycles. The molecule has 0 unspecified atom stereocenters. The fourth-order valence-corrected chi connectivity index (χ4v) is 1.11. The van der Waals surface area contributed by atoms with Crippen molar-refractivity contribution in [3.8, 4) is 0 Å². The van der Waals surface area contributed by atoms with Gasteiger partial charge in [0.25, 0.3) is 0 Å². The Morgan fingerprint density at radius 2 is 1.92 bits per heavy atom. The smallest absolute Gasteiger partial charge is 0.328 e. The quantitative estimate of drug-likeness (QED) is 0.739. The Labute approximate surface area is 81.5 Å². The van der Waals surface area contributed by atoms with Gasteiger partial charge in [0.1, 0.15) is 0 Å². The van der Waals surface area contributed by atoms with Crippen LogP contribution in [0.2, 0.25) is 5.02 Å². The molecular weight excluding hydrogens is 188 g/mol. The van der Waals surface area contributed by atoms with Gasteiger partial charge in [0, 0.05) is 11.1 Å². The van der Waals surface area contributed by atoms with Gasteiger partial charge in [-0.25, -0.2) is 4.79 Å². The number of carboxylic acid groups (broad SMARTS) is 1. The van der Waals surface area contributed by atoms with Gasteiger partial charge >= 0.3 is 5.97 Å². The number of halogens is 1. The Balaban J connectivity index is 2.96. The zero-order chi connectivity index (χ0) is 9.84. The molecule has 0 radical (unpaired) electrons. The number of hydrogen-bond donors (Lipinski definition) is 1. The average molecular weight is 197 g/mol. The summed E-state index contributed by atoms with van der Waals surface area (Å²) in [5, 5.41) is 9.14. The van der Waals surface area contributed by atoms with Crippen LogP contribution in [0.15, 0.2) is 30.3 Å². The van der Waals surface area contributed by atoms with Gasteiger partial charge in [-0.3, -0.25) is 0 Å². The van der Waals surface area contributed by atoms with E-state index in [4.69, 9.17) is 16.7 Å². The Kier molecular flexibility index (Phi) is 3.09. The van der Waals surface area contributed by atoms with Crippen LogP contribution in [0, 0.1) is 0 Å². The van der Waals surface area contributed by atoms with Crippen LogP contribution in [-0.4, -0.2) is 11.1 Å². The van der Waals surface area contributed by atoms with E-state index in [1.807, 2.05) is 0 Å². The van der Waals surface area contributed by atoms with Crippen LogP contribution in [0.1, 0.15) is 12.5 Å². The highest BCUT2D eigenvalue weighted by Crippen LogP contribution is 2.16. The Morgan fingerprint density at radius 3 is 2.38 bits per heavy atom. The number of hydrogen-bond acceptors (Lipinski definition) is 1. The molecule has 13 heavy (non-hydrogen) atoms. The van der Waals surface area contributed by atoms with E-state index in [-0.39, 0.29) is 0 Å². The molecule has 68 valence electrons. The molecule has 0 aliphatic rings. The monoisotopic (exact) mass is 196 g/mol. The second-order valence-electron chi connectivity index (χ2n) is 2.67. The first-order valence-corrected chi connectivity index (χ1v) is 4.14. The molecule has 0 aliphatic heterocycles. The maximum absolute atomic E-state index is 10.3. The zero-order valence-electron chi connectivity index (χ0n) is 7.12. The molecule has 1 rings (SSSR count). The standard InChI is InChI=1S/C10H9ClO2/c1-7(6-10(12)13)8-2-4-9(11)5-3-8/h2-6H,1H3,(H,12,13)/b7-6-. The summed E-state index contributed by atoms with van der Waals surface area (Å²) in [6.45, 7) is 1.75. The van der Waals surface area contributed by atoms with Crippen molar-refractivity contribution in [2.45, 2.75) is 6.92 Å². The molecule has 1 N–H and O–H groups in total. The maximum atomic E-state index is 10.3. The second-order valence-corrected chi connectivity index (χ2v) is 3.11. The fourth-order valence-electron chi connectivity index (χ4n) is 0.981. The SMILES string of the molecule is C/C(=C/C(=O)O)c1ccc(Cl)cc1. The van der Waals surface area contributed by atoms with Crippen LogP contribution >= 0.6 is 11.6 Å². The summed E-state index contributed by atoms with van der Waals surface area (Å²) in [5.74, 6) is -0.938. The van der Waals surface area contributed by atoms with Crippen LogP contribution < -0.4 is 0 Å². The van der Waals surface area contributed by atoms with Crippen molar-refractivity contribution in [2.24, 2.45) is 0 Å². The van der Waals surface area contributed by atoms with Crippen LogP contribution in [0.3, 0.4) is 0 Å². The predicted octanol–water partition coefficient (Wildman–Crippen LogP) is 2.83. The molecule has 1 aromatic carbocycles. The van der Waals surface area contributed by atoms with Gasteiger partial charge in [-0.05, 0) is 30.2 Å². The van der Waals surface area contributed by atoms with Crippen LogP contribution in [-0.2, 0) is 4.79 Å². The van der Waals surface area contributed by atoms with E-state index in [0.717, 1.165) is 5.56 Å². The molecule has 0 atom stereocenters. The van der Waals surface area contributed by atoms with Crippen LogP contribution in [0.4, 0.5) is 0 Å². The first-order valence-electron chi connectivity index (χ1n) is 3.77. The van der Waals surface area contributed by atoms with E-state index in [9.17, 15) is 4.79 Å². The summed E-state index contributed by atoms with van der Waals surface area (Å²) in [7, 11) is 0. The molecule has 0 saturated heterocycles. The van der Waals surface area contributed by atoms with Crippen molar-refractivity contribution in [3.05, 3.63) is 40.9 Å². The number of carbonyl (C=O) groups is 1. The lowest BCUT2D eigenvalue weighted by molar-refractivity contribution is -0.131. The van der Waals surface area contributed by atoms with Gasteiger partial charge in [-0.1, -0.05) is 23.7 Å². The van der Waals surface area contributed by atoms with Gasteiger partial charge in [0.05, 0.1) is 0 Å². The fraction of sp³-hybridized carbons (Fsp3) is 0.100. The zero-order valence-corrected chi connectivity index (χ0v) is 7.88. The normalized spacial score (nSPS) is 11.4. The van der Waals surface area contributed by atoms with Gasteiger partial charge in [-0.15, -0.1) is 0 Å². The molecule has 0 saturated carbocycles. The number of benzene rings is 1. The van der Waals surface area contributed by atoms with Gasteiger partial charge in [-0.2, -0.15) is 0 Å². The van der Waals surface area contributed by atoms with E-state index in [0.29, 0.717) is 10.6 Å². The lowest BCUT2D eigenvalue weighted by Gasteiger charge is -1.99. The van der Waals surface area contributed by atoms with Gasteiger partial charge < -0.3 is 5.11 Å². The van der Waals surface area contributed by atoms with Crippen molar-refractivity contribution in [1.29, 1.82) is 0 Å². The average Bonchev–Trinajstić information content (AvgIpc) is 2.04. The molecule has 0 fully saturated rings. The van der Waals surface area contributed by atoms with Crippen LogP contribution in [0.25, 0.3) is 5.57 Å². The Hall–Kier alpha value is -1.28. The molecule has 0 aliphatic carbocycles. The number of rotatable bonds is 2. The number of aliphatic carboxylic acids is 1. The van der Waals surface area contributed by atoms with Crippen molar-refractivity contribution in [1.82, 2.24) is 0 Å². The van der Waals surface area contributed by atoms with E-state index in [2.05, 4.69) is 0 Å². The van der Waals surface area contributed by atoms with E-state index >= 15 is 0 Å². The third-order valence-electron chi connectivity index (χ3n) is 1.64. The highest BCUT2D eigenvalue weighted by molar-refractivity contribution is 6.30. The van der Waals surface area contributed by atoms with Crippen molar-refractivity contribution < 1.29 is 9.90 Å². The third-order valence-corrected chi connectivity index (χ3v) is 1.89. The van der Waals surface area contributed by atoms with Crippen molar-refractivity contribution in [2.75, 3.05) is 0 Å². The lowest BCUT2D eigenvalue weighted by Crippen LogP contribution is -1.89. The molecular formula is C10H9ClO2. The number of carboxylic acids is 1. The minimum atomic E-state index is -0.938. The molecule has 1 aromatic rings. The van der Waals surface area contributed by atoms with Gasteiger partial charge in [0.2, 0.25) is 0 Å². The third kappa shape index (κ3) is 2.92. The molecule has 2 nitrogen and oxygen atoms in total. The summed E-state index contributed by atoms with van der Waals surface area (Å²) in [4.78, 5) is 10.3. The highest BCUT2D eigenvalue weighted by Gasteiger charge is 1.97. The lowest BCUT2D eigenvalue weighted by atomic mass is 10.1. The van der Waals surface area contributed by atoms with E-state index < -0.39 is 5.97 Å². The Morgan fingerprint density at radius 1 is 1.38 bits per heavy atom. The Bertz CT molecular complexity index is 338. The first kappa shape index (κ1) is 9.81. The van der Waals surface area contributed by atoms with Crippen LogP contribution in [0.5, 0.6) is 0 Å². The minimum absolute atomic E-state index is 0.645. The molecule has 3 heteroatoms. The summed E-state index contributed by atoms with van der Waals surface area (Å²) in [6, 6.07) is 7.04. The summed E-state index contributed by atoms with van der Waals surface area (Å²) < 4.78 is 0. The molecule has 0 aromatic heterocycles. The van der Waals surface area contributed by atoms with Crippen molar-refractivity contribution in [3.63, 3.8) is 0 Å². The van der Waals surface area contributed by atoms with Crippen molar-refractivity contribution >= 4 is 23.1 Å². The molecule has 0 spiro atoms. The predicted molar refractivity (Wildman–Crippen MR) is 52.7 cm³/mol. The topological polar surface area (TPSA) is 37.3 Å². The molecule has 0 bridgehead atoms. The summed E-state index contributed by atoms with van der Waals surface area (Å²) >= 11 is 5.69. The maximum Gasteiger partial charge on any atom is 0.328 e. The largest absolute Gasteiger partial charge is 0.478 e. The minimum Gasteiger partial charge on any atom is -0.478 e. The highest BCUT2D eigenvalue weighted by atomic mass is 35.5. The molecule has 0 amide bonds. The summed E-state index contributed by atoms with van der Waals surface area (Å²) in [6.07, 6.45) is 1.17. The van der Waals surface area contributed by atoms with Gasteiger partial charge in [0.15, 0.2) is 0 Å². The second kappa shape index (κ2) is 4.10. The number of allylic oxidation sites excluding steroid dienone is 1. The first-order chi connectivity index (χ1) is 6.09.